The van der Waals surface area contributed by atoms with Crippen molar-refractivity contribution in [2.24, 2.45) is 0 Å². The first-order valence-electron chi connectivity index (χ1n) is 6.64. The molecule has 0 spiro atoms. The van der Waals surface area contributed by atoms with Crippen LogP contribution in [0.3, 0.4) is 0 Å². The van der Waals surface area contributed by atoms with Gasteiger partial charge in [0.1, 0.15) is 24.4 Å². The summed E-state index contributed by atoms with van der Waals surface area (Å²) >= 11 is 0. The van der Waals surface area contributed by atoms with Crippen molar-refractivity contribution in [1.82, 2.24) is 0 Å². The molecule has 0 bridgehead atoms. The highest BCUT2D eigenvalue weighted by Gasteiger charge is 2.96. The molecule has 6 heterocycles. The highest BCUT2D eigenvalue weighted by molar-refractivity contribution is 5.42. The molecule has 6 heteroatoms. The minimum atomic E-state index is -0.385. The smallest absolute Gasteiger partial charge is 0.165 e. The van der Waals surface area contributed by atoms with Crippen LogP contribution in [0.1, 0.15) is 0 Å². The Morgan fingerprint density at radius 1 is 0.722 bits per heavy atom. The quantitative estimate of drug-likeness (QED) is 0.577. The van der Waals surface area contributed by atoms with E-state index in [0.717, 1.165) is 26.4 Å². The molecule has 6 fully saturated rings. The Balaban J connectivity index is 1.47. The van der Waals surface area contributed by atoms with E-state index in [9.17, 15) is 0 Å². The Bertz CT molecular complexity index is 420. The molecule has 0 radical (unpaired) electrons. The third kappa shape index (κ3) is 0.872. The molecule has 0 amide bonds. The Morgan fingerprint density at radius 2 is 1.22 bits per heavy atom. The third-order valence-corrected chi connectivity index (χ3v) is 5.22. The van der Waals surface area contributed by atoms with Gasteiger partial charge < -0.3 is 28.4 Å². The van der Waals surface area contributed by atoms with Gasteiger partial charge in [0.2, 0.25) is 0 Å². The fraction of sp³-hybridized carbons (Fsp3) is 1.00. The van der Waals surface area contributed by atoms with Crippen molar-refractivity contribution in [2.75, 3.05) is 33.0 Å². The first-order valence-corrected chi connectivity index (χ1v) is 6.64. The maximum atomic E-state index is 6.31. The SMILES string of the molecule is C1OC1C1(C2(C3CO3)OC2(C2CO2)C2CO2)CO1. The lowest BCUT2D eigenvalue weighted by atomic mass is 9.74. The van der Waals surface area contributed by atoms with Gasteiger partial charge in [-0.25, -0.2) is 0 Å². The van der Waals surface area contributed by atoms with Crippen LogP contribution in [0.2, 0.25) is 0 Å². The lowest BCUT2D eigenvalue weighted by Crippen LogP contribution is -2.52. The fourth-order valence-corrected chi connectivity index (χ4v) is 3.97. The maximum Gasteiger partial charge on any atom is 0.165 e. The van der Waals surface area contributed by atoms with Crippen LogP contribution in [0, 0.1) is 0 Å². The maximum absolute atomic E-state index is 6.31. The van der Waals surface area contributed by atoms with E-state index in [-0.39, 0.29) is 41.2 Å². The molecule has 0 N–H and O–H groups in total. The van der Waals surface area contributed by atoms with Gasteiger partial charge in [-0.15, -0.1) is 0 Å². The van der Waals surface area contributed by atoms with Gasteiger partial charge >= 0.3 is 0 Å². The lowest BCUT2D eigenvalue weighted by molar-refractivity contribution is 0.0995. The molecular weight excluding hydrogens is 240 g/mol. The van der Waals surface area contributed by atoms with Gasteiger partial charge in [0, 0.05) is 0 Å². The van der Waals surface area contributed by atoms with E-state index in [1.54, 1.807) is 0 Å². The molecule has 0 aromatic carbocycles. The second-order valence-corrected chi connectivity index (χ2v) is 6.10. The van der Waals surface area contributed by atoms with Crippen molar-refractivity contribution >= 4 is 0 Å². The highest BCUT2D eigenvalue weighted by Crippen LogP contribution is 2.73. The first kappa shape index (κ1) is 9.63. The monoisotopic (exact) mass is 254 g/mol. The molecule has 0 aromatic rings. The molecule has 6 atom stereocenters. The van der Waals surface area contributed by atoms with E-state index < -0.39 is 0 Å². The number of hydrogen-bond acceptors (Lipinski definition) is 6. The van der Waals surface area contributed by atoms with Gasteiger partial charge in [0.25, 0.3) is 0 Å². The normalized spacial score (nSPS) is 70.7. The molecule has 18 heavy (non-hydrogen) atoms. The van der Waals surface area contributed by atoms with Gasteiger partial charge in [-0.3, -0.25) is 0 Å². The molecule has 6 nitrogen and oxygen atoms in total. The number of rotatable bonds is 5. The zero-order chi connectivity index (χ0) is 11.6. The van der Waals surface area contributed by atoms with Gasteiger partial charge in [0.05, 0.1) is 33.0 Å². The van der Waals surface area contributed by atoms with E-state index in [1.807, 2.05) is 0 Å². The van der Waals surface area contributed by atoms with Crippen molar-refractivity contribution in [1.29, 1.82) is 0 Å². The summed E-state index contributed by atoms with van der Waals surface area (Å²) < 4.78 is 34.3. The van der Waals surface area contributed by atoms with Gasteiger partial charge in [-0.05, 0) is 0 Å². The summed E-state index contributed by atoms with van der Waals surface area (Å²) in [7, 11) is 0. The average Bonchev–Trinajstić information content (AvgIpc) is 3.16. The van der Waals surface area contributed by atoms with Crippen LogP contribution >= 0.6 is 0 Å². The van der Waals surface area contributed by atoms with Gasteiger partial charge in [-0.1, -0.05) is 0 Å². The minimum Gasteiger partial charge on any atom is -0.370 e. The highest BCUT2D eigenvalue weighted by atomic mass is 16.8. The summed E-state index contributed by atoms with van der Waals surface area (Å²) in [5.74, 6) is 0. The molecule has 0 aromatic heterocycles. The van der Waals surface area contributed by atoms with Crippen LogP contribution < -0.4 is 0 Å². The van der Waals surface area contributed by atoms with Crippen molar-refractivity contribution in [3.05, 3.63) is 0 Å². The van der Waals surface area contributed by atoms with E-state index in [0.29, 0.717) is 6.61 Å². The van der Waals surface area contributed by atoms with E-state index in [4.69, 9.17) is 28.4 Å². The van der Waals surface area contributed by atoms with Crippen molar-refractivity contribution in [2.45, 2.75) is 41.2 Å². The van der Waals surface area contributed by atoms with E-state index >= 15 is 0 Å². The second-order valence-electron chi connectivity index (χ2n) is 6.10. The Labute approximate surface area is 103 Å². The predicted octanol–water partition coefficient (Wildman–Crippen LogP) is -1.14. The average molecular weight is 254 g/mol. The van der Waals surface area contributed by atoms with Crippen LogP contribution in [0.15, 0.2) is 0 Å². The molecule has 0 aliphatic carbocycles. The molecule has 6 rings (SSSR count). The number of ether oxygens (including phenoxy) is 6. The molecular formula is C12H14O6. The summed E-state index contributed by atoms with van der Waals surface area (Å²) in [4.78, 5) is 0. The summed E-state index contributed by atoms with van der Waals surface area (Å²) in [5, 5.41) is 0. The summed E-state index contributed by atoms with van der Waals surface area (Å²) in [6.07, 6.45) is 0.585. The zero-order valence-corrected chi connectivity index (χ0v) is 9.79. The van der Waals surface area contributed by atoms with Crippen LogP contribution in [-0.2, 0) is 28.4 Å². The summed E-state index contributed by atoms with van der Waals surface area (Å²) in [6.45, 7) is 3.74. The van der Waals surface area contributed by atoms with Crippen LogP contribution in [0.5, 0.6) is 0 Å². The van der Waals surface area contributed by atoms with Crippen LogP contribution in [-0.4, -0.2) is 74.3 Å². The lowest BCUT2D eigenvalue weighted by Gasteiger charge is -2.21. The van der Waals surface area contributed by atoms with Gasteiger partial charge in [0.15, 0.2) is 16.8 Å². The standard InChI is InChI=1S/C12H14O6/c1-6(13-1)10(5-17-10)12(9-4-16-9)11(18-12,7-2-14-7)8-3-15-8/h6-9H,1-5H2. The second kappa shape index (κ2) is 2.51. The summed E-state index contributed by atoms with van der Waals surface area (Å²) in [6, 6.07) is 0. The molecule has 6 aliphatic heterocycles. The van der Waals surface area contributed by atoms with Gasteiger partial charge in [-0.2, -0.15) is 0 Å². The fourth-order valence-electron chi connectivity index (χ4n) is 3.97. The van der Waals surface area contributed by atoms with Crippen molar-refractivity contribution < 1.29 is 28.4 Å². The summed E-state index contributed by atoms with van der Waals surface area (Å²) in [5.41, 5.74) is -1.02. The first-order chi connectivity index (χ1) is 8.83. The Morgan fingerprint density at radius 3 is 1.61 bits per heavy atom. The predicted molar refractivity (Wildman–Crippen MR) is 54.2 cm³/mol. The number of hydrogen-bond donors (Lipinski definition) is 0. The molecule has 6 saturated heterocycles. The molecule has 0 saturated carbocycles. The Hall–Kier alpha value is -0.240. The topological polar surface area (TPSA) is 75.2 Å². The minimum absolute atomic E-state index is 0.123. The Kier molecular flexibility index (Phi) is 1.34. The third-order valence-electron chi connectivity index (χ3n) is 5.22. The van der Waals surface area contributed by atoms with E-state index in [2.05, 4.69) is 0 Å². The van der Waals surface area contributed by atoms with Crippen molar-refractivity contribution in [3.63, 3.8) is 0 Å². The molecule has 6 aliphatic rings. The molecule has 98 valence electrons. The largest absolute Gasteiger partial charge is 0.370 e. The van der Waals surface area contributed by atoms with E-state index in [1.165, 1.54) is 0 Å². The van der Waals surface area contributed by atoms with Crippen molar-refractivity contribution in [3.8, 4) is 0 Å². The molecule has 6 unspecified atom stereocenters. The van der Waals surface area contributed by atoms with Crippen LogP contribution in [0.25, 0.3) is 0 Å². The number of epoxide rings is 6. The van der Waals surface area contributed by atoms with Crippen LogP contribution in [0.4, 0.5) is 0 Å². The zero-order valence-electron chi connectivity index (χ0n) is 9.79.